The second-order valence-electron chi connectivity index (χ2n) is 11.2. The van der Waals surface area contributed by atoms with Crippen LogP contribution in [0.5, 0.6) is 0 Å². The quantitative estimate of drug-likeness (QED) is 0.225. The van der Waals surface area contributed by atoms with E-state index in [4.69, 9.17) is 9.47 Å². The predicted octanol–water partition coefficient (Wildman–Crippen LogP) is 4.71. The summed E-state index contributed by atoms with van der Waals surface area (Å²) in [6, 6.07) is 8.59. The number of fused-ring (bicyclic) bond motifs is 1. The number of carboxylic acids is 1. The van der Waals surface area contributed by atoms with E-state index < -0.39 is 18.1 Å². The van der Waals surface area contributed by atoms with Gasteiger partial charge in [-0.15, -0.1) is 11.8 Å². The number of piperidine rings is 1. The van der Waals surface area contributed by atoms with Crippen molar-refractivity contribution >= 4 is 35.6 Å². The lowest BCUT2D eigenvalue weighted by Gasteiger charge is -2.38. The number of allylic oxidation sites excluding steroid dienone is 2. The van der Waals surface area contributed by atoms with Crippen LogP contribution in [0.2, 0.25) is 0 Å². The highest BCUT2D eigenvalue weighted by Crippen LogP contribution is 2.37. The molecule has 1 aromatic rings. The maximum atomic E-state index is 13.0. The van der Waals surface area contributed by atoms with Crippen molar-refractivity contribution in [3.8, 4) is 0 Å². The van der Waals surface area contributed by atoms with Crippen LogP contribution >= 0.6 is 11.8 Å². The number of nitrogens with one attached hydrogen (secondary N) is 1. The summed E-state index contributed by atoms with van der Waals surface area (Å²) in [5, 5.41) is 12.3. The van der Waals surface area contributed by atoms with Gasteiger partial charge in [0.15, 0.2) is 5.78 Å². The first-order chi connectivity index (χ1) is 20.8. The topological polar surface area (TPSA) is 125 Å². The first kappa shape index (κ1) is 32.6. The number of ketones is 1. The van der Waals surface area contributed by atoms with Crippen molar-refractivity contribution in [3.05, 3.63) is 59.2 Å². The first-order valence-electron chi connectivity index (χ1n) is 15.3. The van der Waals surface area contributed by atoms with Gasteiger partial charge in [0, 0.05) is 30.6 Å². The van der Waals surface area contributed by atoms with E-state index in [0.717, 1.165) is 49.0 Å². The molecule has 0 bridgehead atoms. The third-order valence-corrected chi connectivity index (χ3v) is 9.29. The Hall–Kier alpha value is -3.31. The second-order valence-corrected chi connectivity index (χ2v) is 12.5. The maximum absolute atomic E-state index is 13.0. The van der Waals surface area contributed by atoms with Crippen molar-refractivity contribution in [2.24, 2.45) is 5.92 Å². The molecular formula is C32H43N3O7S. The van der Waals surface area contributed by atoms with Gasteiger partial charge >= 0.3 is 18.0 Å². The number of carboxylic acid groups (broad SMARTS) is 1. The molecular weight excluding hydrogens is 570 g/mol. The molecule has 0 saturated carbocycles. The third kappa shape index (κ3) is 9.86. The number of esters is 1. The molecule has 43 heavy (non-hydrogen) atoms. The van der Waals surface area contributed by atoms with Gasteiger partial charge in [-0.2, -0.15) is 0 Å². The Bertz CT molecular complexity index is 1170. The Balaban J connectivity index is 1.16. The van der Waals surface area contributed by atoms with E-state index in [1.165, 1.54) is 11.8 Å². The zero-order chi connectivity index (χ0) is 30.6. The molecule has 11 heteroatoms. The molecule has 2 fully saturated rings. The number of aliphatic carboxylic acids is 1. The molecule has 1 amide bonds. The number of likely N-dealkylation sites (tertiary alicyclic amines) is 1. The summed E-state index contributed by atoms with van der Waals surface area (Å²) >= 11 is 1.48. The van der Waals surface area contributed by atoms with Gasteiger partial charge in [-0.25, -0.2) is 4.79 Å². The summed E-state index contributed by atoms with van der Waals surface area (Å²) in [6.07, 6.45) is 11.7. The minimum Gasteiger partial charge on any atom is -0.480 e. The van der Waals surface area contributed by atoms with Crippen LogP contribution < -0.4 is 5.32 Å². The molecule has 4 rings (SSSR count). The largest absolute Gasteiger partial charge is 0.480 e. The smallest absolute Gasteiger partial charge is 0.410 e. The van der Waals surface area contributed by atoms with E-state index in [1.54, 1.807) is 29.0 Å². The highest BCUT2D eigenvalue weighted by Gasteiger charge is 2.39. The summed E-state index contributed by atoms with van der Waals surface area (Å²) in [4.78, 5) is 53.6. The van der Waals surface area contributed by atoms with Crippen LogP contribution in [0.25, 0.3) is 0 Å². The number of unbranched alkanes of at least 4 members (excludes halogenated alkanes) is 2. The van der Waals surface area contributed by atoms with E-state index in [2.05, 4.69) is 5.32 Å². The average molecular weight is 614 g/mol. The summed E-state index contributed by atoms with van der Waals surface area (Å²) < 4.78 is 10.8. The van der Waals surface area contributed by atoms with Gasteiger partial charge in [0.05, 0.1) is 12.0 Å². The number of carbonyl (C=O) groups is 4. The summed E-state index contributed by atoms with van der Waals surface area (Å²) in [6.45, 7) is 3.54. The number of ether oxygens (including phenoxy) is 2. The molecule has 2 N–H and O–H groups in total. The monoisotopic (exact) mass is 613 g/mol. The minimum absolute atomic E-state index is 0.0637. The van der Waals surface area contributed by atoms with Gasteiger partial charge in [-0.1, -0.05) is 56.0 Å². The standard InChI is InChI=1S/C32H43N3O7S/c1-2-41-31(39)25(33-28-20-26(36)30-27(43-28)14-9-17-35(30)21-29(37)38)13-8-4-5-10-23-15-18-34(19-16-23)32(40)42-22-24-11-6-3-7-12-24/h3,6-7,9,11-12,14,17,23,25,28,30,33H,2,4-5,8,10,13,15-16,18-22H2,1H3,(H,37,38)/t25-,28?,30?/m0/s1. The Morgan fingerprint density at radius 3 is 2.58 bits per heavy atom. The molecule has 3 heterocycles. The van der Waals surface area contributed by atoms with Crippen LogP contribution in [0.1, 0.15) is 63.9 Å². The fourth-order valence-corrected chi connectivity index (χ4v) is 7.20. The van der Waals surface area contributed by atoms with Gasteiger partial charge in [0.1, 0.15) is 25.2 Å². The van der Waals surface area contributed by atoms with E-state index >= 15 is 0 Å². The van der Waals surface area contributed by atoms with Crippen LogP contribution in [-0.2, 0) is 30.5 Å². The number of hydrogen-bond donors (Lipinski definition) is 2. The van der Waals surface area contributed by atoms with Crippen molar-refractivity contribution in [3.63, 3.8) is 0 Å². The summed E-state index contributed by atoms with van der Waals surface area (Å²) in [7, 11) is 0. The van der Waals surface area contributed by atoms with Crippen LogP contribution in [-0.4, -0.2) is 82.4 Å². The second kappa shape index (κ2) is 16.5. The molecule has 1 aromatic carbocycles. The zero-order valence-corrected chi connectivity index (χ0v) is 25.6. The summed E-state index contributed by atoms with van der Waals surface area (Å²) in [5.41, 5.74) is 0.981. The maximum Gasteiger partial charge on any atom is 0.410 e. The Morgan fingerprint density at radius 2 is 1.86 bits per heavy atom. The average Bonchev–Trinajstić information content (AvgIpc) is 2.99. The Morgan fingerprint density at radius 1 is 1.09 bits per heavy atom. The first-order valence-corrected chi connectivity index (χ1v) is 16.2. The molecule has 2 unspecified atom stereocenters. The molecule has 3 atom stereocenters. The number of benzene rings is 1. The van der Waals surface area contributed by atoms with Crippen molar-refractivity contribution in [2.45, 2.75) is 82.4 Å². The molecule has 0 radical (unpaired) electrons. The number of nitrogens with zero attached hydrogens (tertiary/aromatic N) is 2. The van der Waals surface area contributed by atoms with Crippen molar-refractivity contribution in [1.29, 1.82) is 0 Å². The number of carbonyl (C=O) groups excluding carboxylic acids is 3. The highest BCUT2D eigenvalue weighted by molar-refractivity contribution is 8.03. The molecule has 3 aliphatic rings. The van der Waals surface area contributed by atoms with Gasteiger partial charge < -0.3 is 24.4 Å². The van der Waals surface area contributed by atoms with Crippen LogP contribution in [0.3, 0.4) is 0 Å². The zero-order valence-electron chi connectivity index (χ0n) is 24.8. The molecule has 0 aliphatic carbocycles. The molecule has 0 spiro atoms. The van der Waals surface area contributed by atoms with E-state index in [1.807, 2.05) is 36.4 Å². The fourth-order valence-electron chi connectivity index (χ4n) is 5.84. The number of rotatable bonds is 14. The van der Waals surface area contributed by atoms with E-state index in [9.17, 15) is 24.3 Å². The fraction of sp³-hybridized carbons (Fsp3) is 0.562. The molecule has 234 valence electrons. The Kier molecular flexibility index (Phi) is 12.5. The lowest BCUT2D eigenvalue weighted by Crippen LogP contribution is -2.51. The van der Waals surface area contributed by atoms with Crippen molar-refractivity contribution in [1.82, 2.24) is 15.1 Å². The Labute approximate surface area is 257 Å². The molecule has 0 aromatic heterocycles. The van der Waals surface area contributed by atoms with E-state index in [-0.39, 0.29) is 49.4 Å². The summed E-state index contributed by atoms with van der Waals surface area (Å²) in [5.74, 6) is -0.787. The number of hydrogen-bond acceptors (Lipinski definition) is 9. The van der Waals surface area contributed by atoms with Gasteiger partial charge in [0.25, 0.3) is 0 Å². The van der Waals surface area contributed by atoms with Crippen LogP contribution in [0.15, 0.2) is 53.6 Å². The lowest BCUT2D eigenvalue weighted by atomic mass is 9.91. The number of thioether (sulfide) groups is 1. The van der Waals surface area contributed by atoms with Crippen molar-refractivity contribution in [2.75, 3.05) is 26.2 Å². The van der Waals surface area contributed by atoms with Gasteiger partial charge in [-0.05, 0) is 49.8 Å². The number of amides is 1. The van der Waals surface area contributed by atoms with Crippen LogP contribution in [0.4, 0.5) is 4.79 Å². The van der Waals surface area contributed by atoms with E-state index in [0.29, 0.717) is 25.4 Å². The lowest BCUT2D eigenvalue weighted by molar-refractivity contribution is -0.146. The molecule has 10 nitrogen and oxygen atoms in total. The van der Waals surface area contributed by atoms with Gasteiger partial charge in [-0.3, -0.25) is 19.7 Å². The highest BCUT2D eigenvalue weighted by atomic mass is 32.2. The minimum atomic E-state index is -0.990. The number of Topliss-reactive ketones (excluding diaryl/α,β-unsaturated/α-hetero) is 1. The van der Waals surface area contributed by atoms with Gasteiger partial charge in [0.2, 0.25) is 0 Å². The normalized spacial score (nSPS) is 21.1. The third-order valence-electron chi connectivity index (χ3n) is 8.07. The van der Waals surface area contributed by atoms with Crippen LogP contribution in [0, 0.1) is 5.92 Å². The molecule has 2 saturated heterocycles. The van der Waals surface area contributed by atoms with Crippen molar-refractivity contribution < 1.29 is 33.8 Å². The SMILES string of the molecule is CCOC(=O)[C@H](CCCCCC1CCN(C(=O)OCc2ccccc2)CC1)NC1CC(=O)C2C(=CC=CN2CC(=O)O)S1. The molecule has 3 aliphatic heterocycles. The predicted molar refractivity (Wildman–Crippen MR) is 164 cm³/mol.